The number of benzene rings is 1. The zero-order valence-corrected chi connectivity index (χ0v) is 23.3. The Labute approximate surface area is 234 Å². The number of carbonyl (C=O) groups is 4. The number of nitrogens with one attached hydrogen (secondary N) is 2. The first-order valence-corrected chi connectivity index (χ1v) is 13.8. The highest BCUT2D eigenvalue weighted by molar-refractivity contribution is 5.99. The number of epoxide rings is 1. The second kappa shape index (κ2) is 12.6. The van der Waals surface area contributed by atoms with Gasteiger partial charge in [-0.25, -0.2) is 0 Å². The number of pyridine rings is 1. The van der Waals surface area contributed by atoms with Gasteiger partial charge in [0.25, 0.3) is 5.91 Å². The molecule has 214 valence electrons. The van der Waals surface area contributed by atoms with Crippen molar-refractivity contribution in [3.05, 3.63) is 59.4 Å². The van der Waals surface area contributed by atoms with Gasteiger partial charge in [0, 0.05) is 12.6 Å². The van der Waals surface area contributed by atoms with Crippen molar-refractivity contribution in [3.63, 3.8) is 0 Å². The molecule has 1 aromatic carbocycles. The molecule has 4 N–H and O–H groups in total. The molecule has 0 spiro atoms. The number of primary amides is 1. The number of hydrogen-bond donors (Lipinski definition) is 3. The van der Waals surface area contributed by atoms with Crippen molar-refractivity contribution >= 4 is 23.5 Å². The molecule has 2 heterocycles. The summed E-state index contributed by atoms with van der Waals surface area (Å²) in [5.74, 6) is -1.64. The van der Waals surface area contributed by atoms with Crippen LogP contribution in [-0.4, -0.2) is 59.9 Å². The average Bonchev–Trinajstić information content (AvgIpc) is 3.50. The van der Waals surface area contributed by atoms with Crippen LogP contribution in [0.2, 0.25) is 0 Å². The van der Waals surface area contributed by atoms with Gasteiger partial charge < -0.3 is 25.8 Å². The van der Waals surface area contributed by atoms with Gasteiger partial charge >= 0.3 is 0 Å². The van der Waals surface area contributed by atoms with E-state index in [9.17, 15) is 19.2 Å². The predicted molar refractivity (Wildman–Crippen MR) is 148 cm³/mol. The van der Waals surface area contributed by atoms with Crippen molar-refractivity contribution in [2.45, 2.75) is 76.0 Å². The van der Waals surface area contributed by atoms with Crippen molar-refractivity contribution < 1.29 is 28.7 Å². The highest BCUT2D eigenvalue weighted by atomic mass is 16.6. The van der Waals surface area contributed by atoms with Gasteiger partial charge in [0.05, 0.1) is 36.9 Å². The summed E-state index contributed by atoms with van der Waals surface area (Å²) in [6.07, 6.45) is 6.47. The molecule has 3 amide bonds. The fourth-order valence-corrected chi connectivity index (χ4v) is 5.30. The molecule has 1 aliphatic heterocycles. The SMILES string of the molecule is COc1ccc(C[C@H](NC(=O)[C@H](C)c2ncccc2C(N)=O)C(=O)N[C@@H](CC2CCCC2)C(=O)[C@@]2(C)CO2)cc1. The fraction of sp³-hybridized carbons (Fsp3) is 0.500. The Bertz CT molecular complexity index is 1240. The summed E-state index contributed by atoms with van der Waals surface area (Å²) in [5, 5.41) is 5.78. The van der Waals surface area contributed by atoms with Crippen LogP contribution in [0.3, 0.4) is 0 Å². The molecule has 4 atom stereocenters. The highest BCUT2D eigenvalue weighted by Crippen LogP contribution is 2.33. The number of nitrogens with zero attached hydrogens (tertiary/aromatic N) is 1. The highest BCUT2D eigenvalue weighted by Gasteiger charge is 2.50. The third kappa shape index (κ3) is 7.04. The smallest absolute Gasteiger partial charge is 0.250 e. The van der Waals surface area contributed by atoms with Crippen LogP contribution in [-0.2, 0) is 25.5 Å². The van der Waals surface area contributed by atoms with Crippen LogP contribution in [0.15, 0.2) is 42.6 Å². The van der Waals surface area contributed by atoms with Crippen molar-refractivity contribution in [1.29, 1.82) is 0 Å². The summed E-state index contributed by atoms with van der Waals surface area (Å²) in [6.45, 7) is 3.67. The summed E-state index contributed by atoms with van der Waals surface area (Å²) < 4.78 is 10.6. The maximum absolute atomic E-state index is 13.7. The fourth-order valence-electron chi connectivity index (χ4n) is 5.30. The van der Waals surface area contributed by atoms with Crippen LogP contribution in [0.5, 0.6) is 5.75 Å². The molecule has 10 nitrogen and oxygen atoms in total. The maximum atomic E-state index is 13.7. The zero-order chi connectivity index (χ0) is 28.9. The molecule has 40 heavy (non-hydrogen) atoms. The minimum absolute atomic E-state index is 0.140. The molecule has 1 saturated carbocycles. The van der Waals surface area contributed by atoms with E-state index < -0.39 is 41.3 Å². The van der Waals surface area contributed by atoms with E-state index in [1.165, 1.54) is 12.3 Å². The quantitative estimate of drug-likeness (QED) is 0.324. The Morgan fingerprint density at radius 2 is 1.73 bits per heavy atom. The summed E-state index contributed by atoms with van der Waals surface area (Å²) in [5.41, 5.74) is 5.76. The van der Waals surface area contributed by atoms with E-state index in [1.54, 1.807) is 39.2 Å². The Balaban J connectivity index is 1.56. The van der Waals surface area contributed by atoms with E-state index in [0.717, 1.165) is 31.2 Å². The van der Waals surface area contributed by atoms with Gasteiger partial charge in [-0.3, -0.25) is 24.2 Å². The number of rotatable bonds is 13. The lowest BCUT2D eigenvalue weighted by Crippen LogP contribution is -2.55. The molecule has 0 radical (unpaired) electrons. The largest absolute Gasteiger partial charge is 0.497 e. The van der Waals surface area contributed by atoms with Crippen molar-refractivity contribution in [3.8, 4) is 5.75 Å². The lowest BCUT2D eigenvalue weighted by molar-refractivity contribution is -0.133. The van der Waals surface area contributed by atoms with Gasteiger partial charge in [-0.2, -0.15) is 0 Å². The Morgan fingerprint density at radius 3 is 2.33 bits per heavy atom. The number of ketones is 1. The molecule has 0 unspecified atom stereocenters. The molecular formula is C30H38N4O6. The first-order valence-electron chi connectivity index (χ1n) is 13.8. The first-order chi connectivity index (χ1) is 19.1. The number of nitrogens with two attached hydrogens (primary N) is 1. The third-order valence-electron chi connectivity index (χ3n) is 7.91. The monoisotopic (exact) mass is 550 g/mol. The van der Waals surface area contributed by atoms with E-state index in [0.29, 0.717) is 24.7 Å². The average molecular weight is 551 g/mol. The van der Waals surface area contributed by atoms with Gasteiger partial charge in [0.15, 0.2) is 5.78 Å². The Morgan fingerprint density at radius 1 is 1.07 bits per heavy atom. The number of hydrogen-bond acceptors (Lipinski definition) is 7. The van der Waals surface area contributed by atoms with Gasteiger partial charge in [0.2, 0.25) is 11.8 Å². The molecule has 4 rings (SSSR count). The van der Waals surface area contributed by atoms with Gasteiger partial charge in [-0.1, -0.05) is 37.8 Å². The van der Waals surface area contributed by atoms with E-state index in [2.05, 4.69) is 15.6 Å². The number of amides is 3. The number of methoxy groups -OCH3 is 1. The lowest BCUT2D eigenvalue weighted by Gasteiger charge is -2.26. The number of Topliss-reactive ketones (excluding diaryl/α,β-unsaturated/α-hetero) is 1. The van der Waals surface area contributed by atoms with Crippen LogP contribution in [0.25, 0.3) is 0 Å². The van der Waals surface area contributed by atoms with Crippen molar-refractivity contribution in [1.82, 2.24) is 15.6 Å². The van der Waals surface area contributed by atoms with Crippen LogP contribution in [0.4, 0.5) is 0 Å². The van der Waals surface area contributed by atoms with E-state index >= 15 is 0 Å². The summed E-state index contributed by atoms with van der Waals surface area (Å²) in [4.78, 5) is 56.6. The molecule has 2 aromatic rings. The molecule has 1 saturated heterocycles. The minimum atomic E-state index is -0.990. The van der Waals surface area contributed by atoms with Gasteiger partial charge in [-0.15, -0.1) is 0 Å². The number of ether oxygens (including phenoxy) is 2. The molecule has 10 heteroatoms. The predicted octanol–water partition coefficient (Wildman–Crippen LogP) is 2.44. The third-order valence-corrected chi connectivity index (χ3v) is 7.91. The minimum Gasteiger partial charge on any atom is -0.497 e. The van der Waals surface area contributed by atoms with Crippen molar-refractivity contribution in [2.75, 3.05) is 13.7 Å². The Kier molecular flexibility index (Phi) is 9.19. The van der Waals surface area contributed by atoms with E-state index in [4.69, 9.17) is 15.2 Å². The van der Waals surface area contributed by atoms with Crippen LogP contribution < -0.4 is 21.1 Å². The van der Waals surface area contributed by atoms with Crippen LogP contribution in [0, 0.1) is 5.92 Å². The zero-order valence-electron chi connectivity index (χ0n) is 23.3. The maximum Gasteiger partial charge on any atom is 0.250 e. The summed E-state index contributed by atoms with van der Waals surface area (Å²) in [7, 11) is 1.57. The molecule has 0 bridgehead atoms. The Hall–Kier alpha value is -3.79. The topological polar surface area (TPSA) is 153 Å². The normalized spacial score (nSPS) is 20.7. The lowest BCUT2D eigenvalue weighted by atomic mass is 9.90. The van der Waals surface area contributed by atoms with Gasteiger partial charge in [-0.05, 0) is 56.0 Å². The molecular weight excluding hydrogens is 512 g/mol. The number of aromatic nitrogens is 1. The van der Waals surface area contributed by atoms with Gasteiger partial charge in [0.1, 0.15) is 17.4 Å². The molecule has 1 aromatic heterocycles. The standard InChI is InChI=1S/C30H38N4O6/c1-18(25-22(27(31)36)9-6-14-32-25)28(37)34-24(16-20-10-12-21(39-3)13-11-20)29(38)33-23(15-19-7-4-5-8-19)26(35)30(2)17-40-30/h6,9-14,18-19,23-24H,4-5,7-8,15-17H2,1-3H3,(H2,31,36)(H,33,38)(H,34,37)/t18-,23+,24+,30-/m1/s1. The second-order valence-electron chi connectivity index (χ2n) is 11.0. The van der Waals surface area contributed by atoms with Crippen LogP contribution in [0.1, 0.15) is 73.5 Å². The molecule has 1 aliphatic carbocycles. The summed E-state index contributed by atoms with van der Waals surface area (Å²) in [6, 6.07) is 8.57. The van der Waals surface area contributed by atoms with E-state index in [-0.39, 0.29) is 23.5 Å². The first kappa shape index (κ1) is 29.2. The number of carbonyl (C=O) groups excluding carboxylic acids is 4. The summed E-state index contributed by atoms with van der Waals surface area (Å²) >= 11 is 0. The van der Waals surface area contributed by atoms with Crippen LogP contribution >= 0.6 is 0 Å². The second-order valence-corrected chi connectivity index (χ2v) is 11.0. The van der Waals surface area contributed by atoms with E-state index in [1.807, 2.05) is 12.1 Å². The molecule has 2 fully saturated rings. The van der Waals surface area contributed by atoms with Crippen molar-refractivity contribution in [2.24, 2.45) is 11.7 Å². The molecule has 2 aliphatic rings.